The van der Waals surface area contributed by atoms with Crippen LogP contribution in [0, 0.1) is 0 Å². The number of carbonyl (C=O) groups is 2. The predicted molar refractivity (Wildman–Crippen MR) is 77.7 cm³/mol. The number of aliphatic carboxylic acids is 1. The first kappa shape index (κ1) is 15.2. The van der Waals surface area contributed by atoms with Gasteiger partial charge in [-0.2, -0.15) is 23.5 Å². The summed E-state index contributed by atoms with van der Waals surface area (Å²) in [7, 11) is 0. The van der Waals surface area contributed by atoms with Crippen molar-refractivity contribution in [3.63, 3.8) is 0 Å². The van der Waals surface area contributed by atoms with Crippen molar-refractivity contribution in [2.45, 2.75) is 24.8 Å². The standard InChI is InChI=1S/C11H16N4O3S2/c16-10(3-9-7-19-1-2-20-9)12-4-8-5-15(14-13-8)6-11(17)18/h5,9H,1-4,6-7H2,(H,12,16)(H,17,18). The minimum absolute atomic E-state index is 0.00205. The number of amides is 1. The van der Waals surface area contributed by atoms with E-state index in [1.54, 1.807) is 0 Å². The van der Waals surface area contributed by atoms with E-state index in [0.29, 0.717) is 17.4 Å². The summed E-state index contributed by atoms with van der Waals surface area (Å²) < 4.78 is 1.23. The number of rotatable bonds is 6. The minimum atomic E-state index is -0.975. The molecule has 0 radical (unpaired) electrons. The predicted octanol–water partition coefficient (Wildman–Crippen LogP) is 0.218. The number of carbonyl (C=O) groups excluding carboxylic acids is 1. The number of carboxylic acid groups (broad SMARTS) is 1. The number of thioether (sulfide) groups is 2. The summed E-state index contributed by atoms with van der Waals surface area (Å²) in [5, 5.41) is 19.3. The molecule has 2 N–H and O–H groups in total. The second-order valence-corrected chi connectivity index (χ2v) is 6.91. The van der Waals surface area contributed by atoms with Crippen LogP contribution in [0.2, 0.25) is 0 Å². The van der Waals surface area contributed by atoms with Crippen LogP contribution in [0.4, 0.5) is 0 Å². The number of aromatic nitrogens is 3. The monoisotopic (exact) mass is 316 g/mol. The Labute approximate surface area is 124 Å². The number of nitrogens with zero attached hydrogens (tertiary/aromatic N) is 3. The Balaban J connectivity index is 1.72. The smallest absolute Gasteiger partial charge is 0.325 e. The molecular weight excluding hydrogens is 300 g/mol. The summed E-state index contributed by atoms with van der Waals surface area (Å²) in [5.41, 5.74) is 0.560. The van der Waals surface area contributed by atoms with Crippen LogP contribution in [0.3, 0.4) is 0 Å². The van der Waals surface area contributed by atoms with Gasteiger partial charge in [-0.3, -0.25) is 9.59 Å². The molecular formula is C11H16N4O3S2. The van der Waals surface area contributed by atoms with Crippen LogP contribution < -0.4 is 5.32 Å². The lowest BCUT2D eigenvalue weighted by Gasteiger charge is -2.20. The molecule has 20 heavy (non-hydrogen) atoms. The van der Waals surface area contributed by atoms with Gasteiger partial charge in [-0.1, -0.05) is 5.21 Å². The van der Waals surface area contributed by atoms with Crippen molar-refractivity contribution in [3.05, 3.63) is 11.9 Å². The van der Waals surface area contributed by atoms with E-state index in [2.05, 4.69) is 15.6 Å². The fraction of sp³-hybridized carbons (Fsp3) is 0.636. The van der Waals surface area contributed by atoms with Crippen molar-refractivity contribution < 1.29 is 14.7 Å². The highest BCUT2D eigenvalue weighted by atomic mass is 32.2. The summed E-state index contributed by atoms with van der Waals surface area (Å²) in [6.45, 7) is 0.0554. The van der Waals surface area contributed by atoms with E-state index in [0.717, 1.165) is 17.3 Å². The molecule has 1 atom stereocenters. The maximum Gasteiger partial charge on any atom is 0.325 e. The summed E-state index contributed by atoms with van der Waals surface area (Å²) in [6.07, 6.45) is 2.04. The normalized spacial score (nSPS) is 18.7. The number of hydrogen-bond donors (Lipinski definition) is 2. The highest BCUT2D eigenvalue weighted by Crippen LogP contribution is 2.26. The lowest BCUT2D eigenvalue weighted by atomic mass is 10.3. The van der Waals surface area contributed by atoms with Crippen LogP contribution in [0.15, 0.2) is 6.20 Å². The van der Waals surface area contributed by atoms with Gasteiger partial charge in [0.25, 0.3) is 0 Å². The first-order chi connectivity index (χ1) is 9.63. The summed E-state index contributed by atoms with van der Waals surface area (Å²) in [6, 6.07) is 0. The molecule has 0 saturated carbocycles. The Bertz CT molecular complexity index is 474. The first-order valence-electron chi connectivity index (χ1n) is 6.20. The zero-order chi connectivity index (χ0) is 14.4. The molecule has 9 heteroatoms. The Hall–Kier alpha value is -1.22. The van der Waals surface area contributed by atoms with Gasteiger partial charge in [0.2, 0.25) is 5.91 Å². The van der Waals surface area contributed by atoms with E-state index in [1.165, 1.54) is 10.9 Å². The summed E-state index contributed by atoms with van der Waals surface area (Å²) >= 11 is 3.73. The van der Waals surface area contributed by atoms with Crippen LogP contribution in [0.1, 0.15) is 12.1 Å². The molecule has 1 amide bonds. The summed E-state index contributed by atoms with van der Waals surface area (Å²) in [5.74, 6) is 2.31. The van der Waals surface area contributed by atoms with Gasteiger partial charge in [0.1, 0.15) is 12.2 Å². The van der Waals surface area contributed by atoms with Gasteiger partial charge in [-0.25, -0.2) is 4.68 Å². The molecule has 0 aliphatic carbocycles. The second kappa shape index (κ2) is 7.53. The SMILES string of the molecule is O=C(O)Cn1cc(CNC(=O)CC2CSCCS2)nn1. The third-order valence-corrected chi connectivity index (χ3v) is 5.49. The third-order valence-electron chi connectivity index (χ3n) is 2.65. The van der Waals surface area contributed by atoms with Crippen molar-refractivity contribution in [1.82, 2.24) is 20.3 Å². The molecule has 1 unspecified atom stereocenters. The maximum atomic E-state index is 11.8. The van der Waals surface area contributed by atoms with E-state index in [-0.39, 0.29) is 19.0 Å². The number of nitrogens with one attached hydrogen (secondary N) is 1. The molecule has 7 nitrogen and oxygen atoms in total. The van der Waals surface area contributed by atoms with Crippen molar-refractivity contribution >= 4 is 35.4 Å². The average molecular weight is 316 g/mol. The molecule has 1 aliphatic rings. The summed E-state index contributed by atoms with van der Waals surface area (Å²) in [4.78, 5) is 22.3. The largest absolute Gasteiger partial charge is 0.480 e. The van der Waals surface area contributed by atoms with E-state index in [9.17, 15) is 9.59 Å². The molecule has 0 aromatic carbocycles. The van der Waals surface area contributed by atoms with Crippen LogP contribution in [0.25, 0.3) is 0 Å². The molecule has 0 bridgehead atoms. The Kier molecular flexibility index (Phi) is 5.72. The van der Waals surface area contributed by atoms with Gasteiger partial charge in [-0.15, -0.1) is 5.10 Å². The molecule has 2 heterocycles. The van der Waals surface area contributed by atoms with Crippen molar-refractivity contribution in [2.75, 3.05) is 17.3 Å². The van der Waals surface area contributed by atoms with E-state index in [1.807, 2.05) is 23.5 Å². The molecule has 1 aromatic heterocycles. The lowest BCUT2D eigenvalue weighted by molar-refractivity contribution is -0.138. The zero-order valence-electron chi connectivity index (χ0n) is 10.8. The lowest BCUT2D eigenvalue weighted by Crippen LogP contribution is -2.28. The van der Waals surface area contributed by atoms with Gasteiger partial charge < -0.3 is 10.4 Å². The molecule has 2 rings (SSSR count). The topological polar surface area (TPSA) is 97.1 Å². The van der Waals surface area contributed by atoms with Crippen molar-refractivity contribution in [3.8, 4) is 0 Å². The Morgan fingerprint density at radius 2 is 2.35 bits per heavy atom. The van der Waals surface area contributed by atoms with E-state index in [4.69, 9.17) is 5.11 Å². The molecule has 1 aliphatic heterocycles. The fourth-order valence-electron chi connectivity index (χ4n) is 1.76. The molecule has 0 spiro atoms. The average Bonchev–Trinajstić information content (AvgIpc) is 2.84. The zero-order valence-corrected chi connectivity index (χ0v) is 12.5. The van der Waals surface area contributed by atoms with Crippen LogP contribution >= 0.6 is 23.5 Å². The van der Waals surface area contributed by atoms with Gasteiger partial charge in [0, 0.05) is 28.9 Å². The number of carboxylic acids is 1. The highest BCUT2D eigenvalue weighted by Gasteiger charge is 2.17. The van der Waals surface area contributed by atoms with Gasteiger partial charge >= 0.3 is 5.97 Å². The molecule has 1 aromatic rings. The highest BCUT2D eigenvalue weighted by molar-refractivity contribution is 8.06. The molecule has 1 fully saturated rings. The second-order valence-electron chi connectivity index (χ2n) is 4.35. The fourth-order valence-corrected chi connectivity index (χ4v) is 4.44. The Morgan fingerprint density at radius 1 is 1.50 bits per heavy atom. The first-order valence-corrected chi connectivity index (χ1v) is 8.40. The molecule has 110 valence electrons. The van der Waals surface area contributed by atoms with Gasteiger partial charge in [-0.05, 0) is 0 Å². The molecule has 1 saturated heterocycles. The van der Waals surface area contributed by atoms with Crippen molar-refractivity contribution in [2.24, 2.45) is 0 Å². The van der Waals surface area contributed by atoms with E-state index >= 15 is 0 Å². The minimum Gasteiger partial charge on any atom is -0.480 e. The van der Waals surface area contributed by atoms with E-state index < -0.39 is 5.97 Å². The van der Waals surface area contributed by atoms with Crippen LogP contribution in [0.5, 0.6) is 0 Å². The third kappa shape index (κ3) is 5.04. The van der Waals surface area contributed by atoms with Crippen LogP contribution in [-0.2, 0) is 22.7 Å². The van der Waals surface area contributed by atoms with Crippen LogP contribution in [-0.4, -0.2) is 54.5 Å². The maximum absolute atomic E-state index is 11.8. The van der Waals surface area contributed by atoms with Crippen molar-refractivity contribution in [1.29, 1.82) is 0 Å². The number of hydrogen-bond acceptors (Lipinski definition) is 6. The van der Waals surface area contributed by atoms with Gasteiger partial charge in [0.15, 0.2) is 0 Å². The van der Waals surface area contributed by atoms with Gasteiger partial charge in [0.05, 0.1) is 12.7 Å². The Morgan fingerprint density at radius 3 is 3.05 bits per heavy atom. The quantitative estimate of drug-likeness (QED) is 0.774.